The summed E-state index contributed by atoms with van der Waals surface area (Å²) in [5.74, 6) is 0.392. The van der Waals surface area contributed by atoms with Crippen molar-refractivity contribution in [3.63, 3.8) is 0 Å². The van der Waals surface area contributed by atoms with Crippen molar-refractivity contribution in [3.8, 4) is 5.75 Å². The van der Waals surface area contributed by atoms with Crippen LogP contribution < -0.4 is 0 Å². The first-order valence-corrected chi connectivity index (χ1v) is 5.47. The van der Waals surface area contributed by atoms with Crippen LogP contribution in [-0.2, 0) is 13.0 Å². The molecule has 0 amide bonds. The van der Waals surface area contributed by atoms with Crippen LogP contribution >= 0.6 is 0 Å². The van der Waals surface area contributed by atoms with Crippen LogP contribution in [0, 0.1) is 0 Å². The van der Waals surface area contributed by atoms with E-state index in [1.54, 1.807) is 12.3 Å². The highest BCUT2D eigenvalue weighted by Gasteiger charge is 1.99. The zero-order chi connectivity index (χ0) is 11.2. The maximum atomic E-state index is 9.57. The summed E-state index contributed by atoms with van der Waals surface area (Å²) < 4.78 is 1.82. The first-order chi connectivity index (χ1) is 7.86. The largest absolute Gasteiger partial charge is 0.508 e. The van der Waals surface area contributed by atoms with Crippen LogP contribution in [0.4, 0.5) is 0 Å². The van der Waals surface area contributed by atoms with Gasteiger partial charge in [0.1, 0.15) is 5.75 Å². The van der Waals surface area contributed by atoms with E-state index >= 15 is 0 Å². The first-order valence-electron chi connectivity index (χ1n) is 5.47. The Morgan fingerprint density at radius 3 is 2.81 bits per heavy atom. The number of hydrogen-bond donors (Lipinski definition) is 1. The average molecular weight is 217 g/mol. The van der Waals surface area contributed by atoms with Crippen molar-refractivity contribution in [3.05, 3.63) is 42.2 Å². The van der Waals surface area contributed by atoms with Gasteiger partial charge in [-0.15, -0.1) is 5.10 Å². The Kier molecular flexibility index (Phi) is 3.53. The summed E-state index contributed by atoms with van der Waals surface area (Å²) in [6.07, 6.45) is 6.53. The number of benzene rings is 1. The first kappa shape index (κ1) is 10.7. The van der Waals surface area contributed by atoms with Crippen LogP contribution in [0.15, 0.2) is 36.7 Å². The number of aromatic nitrogens is 3. The number of unbranched alkanes of at least 4 members (excludes halogenated alkanes) is 1. The zero-order valence-electron chi connectivity index (χ0n) is 9.08. The molecule has 0 saturated heterocycles. The predicted octanol–water partition coefficient (Wildman–Crippen LogP) is 2.01. The Hall–Kier alpha value is -1.84. The number of para-hydroxylation sites is 1. The molecule has 4 heteroatoms. The highest BCUT2D eigenvalue weighted by Crippen LogP contribution is 2.17. The van der Waals surface area contributed by atoms with Crippen molar-refractivity contribution in [1.82, 2.24) is 15.0 Å². The Bertz CT molecular complexity index is 426. The van der Waals surface area contributed by atoms with Crippen LogP contribution in [0.25, 0.3) is 0 Å². The third-order valence-corrected chi connectivity index (χ3v) is 2.55. The van der Waals surface area contributed by atoms with Gasteiger partial charge in [-0.05, 0) is 30.9 Å². The van der Waals surface area contributed by atoms with Crippen molar-refractivity contribution in [2.45, 2.75) is 25.8 Å². The van der Waals surface area contributed by atoms with Crippen LogP contribution in [-0.4, -0.2) is 20.1 Å². The van der Waals surface area contributed by atoms with E-state index in [0.717, 1.165) is 31.4 Å². The third kappa shape index (κ3) is 2.82. The molecule has 0 radical (unpaired) electrons. The average Bonchev–Trinajstić information content (AvgIpc) is 2.79. The second-order valence-corrected chi connectivity index (χ2v) is 3.75. The molecule has 84 valence electrons. The van der Waals surface area contributed by atoms with Crippen LogP contribution in [0.1, 0.15) is 18.4 Å². The summed E-state index contributed by atoms with van der Waals surface area (Å²) in [6.45, 7) is 0.883. The summed E-state index contributed by atoms with van der Waals surface area (Å²) >= 11 is 0. The molecular formula is C12H15N3O. The van der Waals surface area contributed by atoms with Gasteiger partial charge in [-0.1, -0.05) is 23.4 Å². The topological polar surface area (TPSA) is 50.9 Å². The highest BCUT2D eigenvalue weighted by molar-refractivity contribution is 5.31. The maximum absolute atomic E-state index is 9.57. The van der Waals surface area contributed by atoms with Gasteiger partial charge in [-0.2, -0.15) is 0 Å². The molecule has 4 nitrogen and oxygen atoms in total. The van der Waals surface area contributed by atoms with Crippen molar-refractivity contribution >= 4 is 0 Å². The maximum Gasteiger partial charge on any atom is 0.118 e. The van der Waals surface area contributed by atoms with Gasteiger partial charge in [-0.25, -0.2) is 0 Å². The Labute approximate surface area is 94.5 Å². The van der Waals surface area contributed by atoms with Gasteiger partial charge in [0.25, 0.3) is 0 Å². The fourth-order valence-electron chi connectivity index (χ4n) is 1.66. The van der Waals surface area contributed by atoms with Crippen LogP contribution in [0.5, 0.6) is 5.75 Å². The summed E-state index contributed by atoms with van der Waals surface area (Å²) in [5.41, 5.74) is 1.01. The van der Waals surface area contributed by atoms with E-state index in [1.807, 2.05) is 29.1 Å². The van der Waals surface area contributed by atoms with Gasteiger partial charge in [0.05, 0.1) is 6.20 Å². The molecule has 0 bridgehead atoms. The summed E-state index contributed by atoms with van der Waals surface area (Å²) in [5, 5.41) is 17.2. The molecule has 0 fully saturated rings. The molecule has 0 aliphatic carbocycles. The quantitative estimate of drug-likeness (QED) is 0.779. The lowest BCUT2D eigenvalue weighted by molar-refractivity contribution is 0.464. The number of phenols is 1. The number of hydrogen-bond acceptors (Lipinski definition) is 3. The lowest BCUT2D eigenvalue weighted by Gasteiger charge is -2.04. The fourth-order valence-corrected chi connectivity index (χ4v) is 1.66. The van der Waals surface area contributed by atoms with Gasteiger partial charge in [-0.3, -0.25) is 4.68 Å². The Balaban J connectivity index is 1.74. The van der Waals surface area contributed by atoms with Crippen LogP contribution in [0.2, 0.25) is 0 Å². The zero-order valence-corrected chi connectivity index (χ0v) is 9.08. The molecule has 0 aliphatic heterocycles. The van der Waals surface area contributed by atoms with Crippen LogP contribution in [0.3, 0.4) is 0 Å². The molecule has 1 heterocycles. The Morgan fingerprint density at radius 2 is 2.06 bits per heavy atom. The normalized spacial score (nSPS) is 10.5. The highest BCUT2D eigenvalue weighted by atomic mass is 16.3. The molecule has 1 aromatic heterocycles. The molecular weight excluding hydrogens is 202 g/mol. The van der Waals surface area contributed by atoms with E-state index in [-0.39, 0.29) is 0 Å². The van der Waals surface area contributed by atoms with Gasteiger partial charge in [0.15, 0.2) is 0 Å². The number of aryl methyl sites for hydroxylation is 2. The third-order valence-electron chi connectivity index (χ3n) is 2.55. The molecule has 1 aromatic carbocycles. The molecule has 0 atom stereocenters. The molecule has 2 rings (SSSR count). The van der Waals surface area contributed by atoms with Crippen molar-refractivity contribution < 1.29 is 5.11 Å². The lowest BCUT2D eigenvalue weighted by atomic mass is 10.1. The molecule has 1 N–H and O–H groups in total. The van der Waals surface area contributed by atoms with E-state index in [9.17, 15) is 5.11 Å². The number of phenolic OH excluding ortho intramolecular Hbond substituents is 1. The molecule has 0 spiro atoms. The molecule has 0 unspecified atom stereocenters. The Morgan fingerprint density at radius 1 is 1.19 bits per heavy atom. The fraction of sp³-hybridized carbons (Fsp3) is 0.333. The van der Waals surface area contributed by atoms with Gasteiger partial charge >= 0.3 is 0 Å². The standard InChI is InChI=1S/C12H15N3O/c16-12-7-2-1-5-11(12)6-3-4-9-15-10-8-13-14-15/h1-2,5,7-8,10,16H,3-4,6,9H2. The van der Waals surface area contributed by atoms with E-state index in [4.69, 9.17) is 0 Å². The van der Waals surface area contributed by atoms with E-state index in [2.05, 4.69) is 10.3 Å². The molecule has 0 aliphatic rings. The second-order valence-electron chi connectivity index (χ2n) is 3.75. The molecule has 0 saturated carbocycles. The predicted molar refractivity (Wildman–Crippen MR) is 61.1 cm³/mol. The summed E-state index contributed by atoms with van der Waals surface area (Å²) in [7, 11) is 0. The molecule has 2 aromatic rings. The minimum Gasteiger partial charge on any atom is -0.508 e. The van der Waals surface area contributed by atoms with Gasteiger partial charge in [0, 0.05) is 12.7 Å². The number of nitrogens with zero attached hydrogens (tertiary/aromatic N) is 3. The number of rotatable bonds is 5. The SMILES string of the molecule is Oc1ccccc1CCCCn1ccnn1. The van der Waals surface area contributed by atoms with E-state index in [0.29, 0.717) is 5.75 Å². The monoisotopic (exact) mass is 217 g/mol. The van der Waals surface area contributed by atoms with Crippen molar-refractivity contribution in [2.75, 3.05) is 0 Å². The smallest absolute Gasteiger partial charge is 0.118 e. The minimum atomic E-state index is 0.392. The van der Waals surface area contributed by atoms with E-state index < -0.39 is 0 Å². The minimum absolute atomic E-state index is 0.392. The van der Waals surface area contributed by atoms with Crippen molar-refractivity contribution in [1.29, 1.82) is 0 Å². The van der Waals surface area contributed by atoms with Crippen molar-refractivity contribution in [2.24, 2.45) is 0 Å². The molecule has 16 heavy (non-hydrogen) atoms. The van der Waals surface area contributed by atoms with Gasteiger partial charge in [0.2, 0.25) is 0 Å². The van der Waals surface area contributed by atoms with Gasteiger partial charge < -0.3 is 5.11 Å². The summed E-state index contributed by atoms with van der Waals surface area (Å²) in [4.78, 5) is 0. The summed E-state index contributed by atoms with van der Waals surface area (Å²) in [6, 6.07) is 7.48. The van der Waals surface area contributed by atoms with E-state index in [1.165, 1.54) is 0 Å². The number of aromatic hydroxyl groups is 1. The second kappa shape index (κ2) is 5.30. The lowest BCUT2D eigenvalue weighted by Crippen LogP contribution is -1.99.